The number of aliphatic carboxylic acids is 6. The summed E-state index contributed by atoms with van der Waals surface area (Å²) in [6.45, 7) is 3.63. The van der Waals surface area contributed by atoms with E-state index in [9.17, 15) is 64.2 Å². The summed E-state index contributed by atoms with van der Waals surface area (Å²) in [7, 11) is 0. The number of carbonyl (C=O) groups is 7. The van der Waals surface area contributed by atoms with Crippen molar-refractivity contribution >= 4 is 41.6 Å². The van der Waals surface area contributed by atoms with Crippen LogP contribution in [0.25, 0.3) is 5.69 Å². The van der Waals surface area contributed by atoms with Crippen molar-refractivity contribution in [1.29, 1.82) is 0 Å². The molecular weight excluding hydrogens is 830 g/mol. The summed E-state index contributed by atoms with van der Waals surface area (Å²) < 4.78 is 1.55. The van der Waals surface area contributed by atoms with E-state index in [-0.39, 0.29) is 104 Å². The van der Waals surface area contributed by atoms with Gasteiger partial charge < -0.3 is 30.6 Å². The SMILES string of the molecule is O=C(O)CN1CCN(CC(=O)O)CCN(CC(=O)c2ccc(-n3cc(CN4CCN(CC(=O)O)CCN(CC(=O)O)CCN(CC(=O)O)CC4)nn3)cc2)CCN(CC(=O)O)CC1. The van der Waals surface area contributed by atoms with Crippen LogP contribution in [0.2, 0.25) is 0 Å². The molecule has 0 spiro atoms. The first-order valence-corrected chi connectivity index (χ1v) is 20.7. The zero-order chi connectivity index (χ0) is 45.9. The van der Waals surface area contributed by atoms with E-state index >= 15 is 0 Å². The Hall–Kier alpha value is -5.47. The summed E-state index contributed by atoms with van der Waals surface area (Å²) >= 11 is 0. The lowest BCUT2D eigenvalue weighted by molar-refractivity contribution is -0.140. The molecule has 1 aromatic carbocycles. The number of carboxylic acid groups (broad SMARTS) is 6. The van der Waals surface area contributed by atoms with Crippen molar-refractivity contribution in [2.75, 3.05) is 151 Å². The van der Waals surface area contributed by atoms with Crippen molar-refractivity contribution in [1.82, 2.24) is 54.2 Å². The number of hydrogen-bond acceptors (Lipinski definition) is 17. The molecule has 0 atom stereocenters. The molecule has 0 saturated carbocycles. The highest BCUT2D eigenvalue weighted by Gasteiger charge is 2.24. The van der Waals surface area contributed by atoms with Crippen molar-refractivity contribution in [2.24, 2.45) is 0 Å². The molecule has 0 unspecified atom stereocenters. The lowest BCUT2D eigenvalue weighted by Gasteiger charge is -2.32. The monoisotopic (exact) mass is 889 g/mol. The molecule has 24 heteroatoms. The van der Waals surface area contributed by atoms with Crippen LogP contribution in [-0.4, -0.2) is 277 Å². The summed E-state index contributed by atoms with van der Waals surface area (Å²) in [4.78, 5) is 97.3. The fraction of sp³-hybridized carbons (Fsp3) is 0.615. The molecule has 1 aromatic heterocycles. The van der Waals surface area contributed by atoms with Crippen molar-refractivity contribution in [3.8, 4) is 5.69 Å². The van der Waals surface area contributed by atoms with Crippen molar-refractivity contribution < 1.29 is 64.2 Å². The molecule has 2 fully saturated rings. The minimum Gasteiger partial charge on any atom is -0.480 e. The number of carbonyl (C=O) groups excluding carboxylic acids is 1. The second kappa shape index (κ2) is 25.6. The summed E-state index contributed by atoms with van der Waals surface area (Å²) in [5, 5.41) is 65.5. The van der Waals surface area contributed by atoms with E-state index < -0.39 is 35.8 Å². The molecule has 2 aromatic rings. The molecule has 3 heterocycles. The first-order chi connectivity index (χ1) is 30.0. The van der Waals surface area contributed by atoms with Gasteiger partial charge in [-0.15, -0.1) is 5.10 Å². The average Bonchev–Trinajstić information content (AvgIpc) is 3.67. The number of ketones is 1. The summed E-state index contributed by atoms with van der Waals surface area (Å²) in [6, 6.07) is 6.74. The number of aromatic nitrogens is 3. The van der Waals surface area contributed by atoms with E-state index in [1.165, 1.54) is 0 Å². The minimum atomic E-state index is -1.05. The lowest BCUT2D eigenvalue weighted by atomic mass is 10.1. The predicted octanol–water partition coefficient (Wildman–Crippen LogP) is -3.10. The highest BCUT2D eigenvalue weighted by molar-refractivity contribution is 5.97. The Balaban J connectivity index is 1.43. The molecule has 0 radical (unpaired) electrons. The predicted molar refractivity (Wildman–Crippen MR) is 222 cm³/mol. The Morgan fingerprint density at radius 2 is 0.667 bits per heavy atom. The third-order valence-electron chi connectivity index (χ3n) is 10.8. The number of hydrogen-bond donors (Lipinski definition) is 6. The van der Waals surface area contributed by atoms with Gasteiger partial charge in [-0.2, -0.15) is 0 Å². The van der Waals surface area contributed by atoms with Gasteiger partial charge in [-0.05, 0) is 24.3 Å². The van der Waals surface area contributed by atoms with Gasteiger partial charge >= 0.3 is 35.8 Å². The average molecular weight is 890 g/mol. The van der Waals surface area contributed by atoms with Crippen molar-refractivity contribution in [2.45, 2.75) is 6.54 Å². The molecule has 24 nitrogen and oxygen atoms in total. The first-order valence-electron chi connectivity index (χ1n) is 20.7. The molecular formula is C39H59N11O13. The molecule has 2 aliphatic rings. The number of benzene rings is 1. The van der Waals surface area contributed by atoms with Crippen LogP contribution in [0.3, 0.4) is 0 Å². The van der Waals surface area contributed by atoms with Crippen LogP contribution in [0.15, 0.2) is 30.5 Å². The summed E-state index contributed by atoms with van der Waals surface area (Å²) in [6.07, 6.45) is 1.73. The maximum absolute atomic E-state index is 13.6. The number of carboxylic acids is 6. The van der Waals surface area contributed by atoms with E-state index in [1.54, 1.807) is 64.5 Å². The fourth-order valence-corrected chi connectivity index (χ4v) is 7.39. The zero-order valence-corrected chi connectivity index (χ0v) is 35.3. The Morgan fingerprint density at radius 3 is 0.952 bits per heavy atom. The highest BCUT2D eigenvalue weighted by atomic mass is 16.4. The highest BCUT2D eigenvalue weighted by Crippen LogP contribution is 2.13. The largest absolute Gasteiger partial charge is 0.480 e. The van der Waals surface area contributed by atoms with E-state index in [0.717, 1.165) is 0 Å². The molecule has 2 saturated heterocycles. The van der Waals surface area contributed by atoms with Gasteiger partial charge in [-0.25, -0.2) is 4.68 Å². The molecule has 63 heavy (non-hydrogen) atoms. The fourth-order valence-electron chi connectivity index (χ4n) is 7.39. The maximum atomic E-state index is 13.6. The smallest absolute Gasteiger partial charge is 0.317 e. The van der Waals surface area contributed by atoms with Gasteiger partial charge in [-0.3, -0.25) is 72.8 Å². The van der Waals surface area contributed by atoms with E-state index in [2.05, 4.69) is 10.3 Å². The second-order valence-corrected chi connectivity index (χ2v) is 15.7. The minimum absolute atomic E-state index is 0.0238. The van der Waals surface area contributed by atoms with Gasteiger partial charge in [-0.1, -0.05) is 5.21 Å². The van der Waals surface area contributed by atoms with Crippen LogP contribution < -0.4 is 0 Å². The lowest BCUT2D eigenvalue weighted by Crippen LogP contribution is -2.49. The van der Waals surface area contributed by atoms with Crippen LogP contribution in [0.5, 0.6) is 0 Å². The van der Waals surface area contributed by atoms with E-state index in [1.807, 2.05) is 9.80 Å². The Labute approximate surface area is 364 Å². The standard InChI is InChI=1S/C39H59N11O13/c51-33(23-43-7-11-46(26-36(56)57)15-19-49(29-39(62)63)20-16-47(12-8-43)27-37(58)59)30-1-3-32(4-2-30)50-22-31(40-41-50)21-42-5-9-44(24-34(52)53)13-17-48(28-38(60)61)18-14-45(10-6-42)25-35(54)55/h1-4,22H,5-21,23-29H2,(H,52,53)(H,54,55)(H,56,57)(H,58,59)(H,60,61)(H,62,63). The third-order valence-corrected chi connectivity index (χ3v) is 10.8. The first kappa shape index (κ1) is 50.2. The molecule has 6 N–H and O–H groups in total. The molecule has 0 aliphatic carbocycles. The second-order valence-electron chi connectivity index (χ2n) is 15.7. The van der Waals surface area contributed by atoms with Crippen LogP contribution in [-0.2, 0) is 35.3 Å². The summed E-state index contributed by atoms with van der Waals surface area (Å²) in [5.74, 6) is -6.41. The third kappa shape index (κ3) is 19.2. The van der Waals surface area contributed by atoms with Crippen LogP contribution in [0, 0.1) is 0 Å². The zero-order valence-electron chi connectivity index (χ0n) is 35.3. The van der Waals surface area contributed by atoms with Crippen LogP contribution in [0.1, 0.15) is 16.1 Å². The number of rotatable bonds is 18. The number of nitrogens with zero attached hydrogens (tertiary/aromatic N) is 11. The quantitative estimate of drug-likeness (QED) is 0.0808. The Morgan fingerprint density at radius 1 is 0.397 bits per heavy atom. The van der Waals surface area contributed by atoms with E-state index in [4.69, 9.17) is 0 Å². The maximum Gasteiger partial charge on any atom is 0.317 e. The molecule has 0 amide bonds. The van der Waals surface area contributed by atoms with Gasteiger partial charge in [0, 0.05) is 117 Å². The van der Waals surface area contributed by atoms with E-state index in [0.29, 0.717) is 75.8 Å². The van der Waals surface area contributed by atoms with Gasteiger partial charge in [0.1, 0.15) is 0 Å². The number of Topliss-reactive ketones (excluding diaryl/α,β-unsaturated/α-hetero) is 1. The van der Waals surface area contributed by atoms with Gasteiger partial charge in [0.05, 0.1) is 63.4 Å². The van der Waals surface area contributed by atoms with Gasteiger partial charge in [0.2, 0.25) is 0 Å². The van der Waals surface area contributed by atoms with Gasteiger partial charge in [0.15, 0.2) is 5.78 Å². The molecule has 0 bridgehead atoms. The normalized spacial score (nSPS) is 18.9. The Bertz CT molecular complexity index is 1790. The molecule has 2 aliphatic heterocycles. The summed E-state index contributed by atoms with van der Waals surface area (Å²) in [5.41, 5.74) is 1.60. The molecule has 4 rings (SSSR count). The Kier molecular flexibility index (Phi) is 20.4. The van der Waals surface area contributed by atoms with Crippen LogP contribution >= 0.6 is 0 Å². The van der Waals surface area contributed by atoms with Gasteiger partial charge in [0.25, 0.3) is 0 Å². The van der Waals surface area contributed by atoms with Crippen molar-refractivity contribution in [3.05, 3.63) is 41.7 Å². The van der Waals surface area contributed by atoms with Crippen molar-refractivity contribution in [3.63, 3.8) is 0 Å². The molecule has 348 valence electrons. The topological polar surface area (TPSA) is 297 Å². The van der Waals surface area contributed by atoms with Crippen LogP contribution in [0.4, 0.5) is 0 Å².